The molecule has 3 aromatic rings. The molecule has 0 radical (unpaired) electrons. The van der Waals surface area contributed by atoms with Gasteiger partial charge in [0.05, 0.1) is 17.3 Å². The summed E-state index contributed by atoms with van der Waals surface area (Å²) in [5.74, 6) is -6.86. The number of fused-ring (bicyclic) bond motifs is 1. The molecule has 2 heterocycles. The van der Waals surface area contributed by atoms with Crippen molar-refractivity contribution < 1.29 is 35.9 Å². The first-order valence-electron chi connectivity index (χ1n) is 9.27. The number of halogens is 6. The molecule has 0 aliphatic carbocycles. The molecule has 0 saturated carbocycles. The zero-order valence-corrected chi connectivity index (χ0v) is 16.6. The number of pyridine rings is 1. The lowest BCUT2D eigenvalue weighted by molar-refractivity contribution is -0.142. The Balaban J connectivity index is 1.81. The smallest absolute Gasteiger partial charge is 0.323 e. The third-order valence-electron chi connectivity index (χ3n) is 4.71. The Morgan fingerprint density at radius 3 is 2.50 bits per heavy atom. The molecule has 0 spiro atoms. The van der Waals surface area contributed by atoms with Crippen molar-refractivity contribution >= 4 is 11.6 Å². The van der Waals surface area contributed by atoms with E-state index in [9.17, 15) is 31.1 Å². The second-order valence-corrected chi connectivity index (χ2v) is 6.89. The maximum absolute atomic E-state index is 13.8. The SMILES string of the molecule is Cc1nc2c(OCc3c(F)cccc3F)cccn2c1C(=O)NCC(N)C(F)(F)C(F)F. The molecule has 6 nitrogen and oxygen atoms in total. The van der Waals surface area contributed by atoms with Gasteiger partial charge in [-0.05, 0) is 31.2 Å². The Hall–Kier alpha value is -3.28. The number of carbonyl (C=O) groups is 1. The van der Waals surface area contributed by atoms with Crippen molar-refractivity contribution in [2.24, 2.45) is 5.73 Å². The van der Waals surface area contributed by atoms with Crippen LogP contribution in [0.15, 0.2) is 36.5 Å². The molecule has 12 heteroatoms. The van der Waals surface area contributed by atoms with Crippen LogP contribution in [0.5, 0.6) is 5.75 Å². The summed E-state index contributed by atoms with van der Waals surface area (Å²) in [5, 5.41) is 2.09. The first-order chi connectivity index (χ1) is 15.0. The molecule has 3 N–H and O–H groups in total. The van der Waals surface area contributed by atoms with E-state index in [0.29, 0.717) is 0 Å². The number of benzene rings is 1. The van der Waals surface area contributed by atoms with Gasteiger partial charge < -0.3 is 15.8 Å². The van der Waals surface area contributed by atoms with Crippen molar-refractivity contribution in [3.05, 3.63) is 65.1 Å². The molecule has 32 heavy (non-hydrogen) atoms. The molecule has 172 valence electrons. The summed E-state index contributed by atoms with van der Waals surface area (Å²) < 4.78 is 85.8. The van der Waals surface area contributed by atoms with E-state index in [2.05, 4.69) is 10.3 Å². The molecule has 1 unspecified atom stereocenters. The number of imidazole rings is 1. The van der Waals surface area contributed by atoms with Crippen LogP contribution in [0.2, 0.25) is 0 Å². The van der Waals surface area contributed by atoms with Crippen LogP contribution in [0.1, 0.15) is 21.7 Å². The van der Waals surface area contributed by atoms with Gasteiger partial charge in [0.1, 0.15) is 23.9 Å². The third kappa shape index (κ3) is 4.49. The monoisotopic (exact) mass is 460 g/mol. The van der Waals surface area contributed by atoms with Gasteiger partial charge in [0, 0.05) is 12.7 Å². The van der Waals surface area contributed by atoms with Crippen LogP contribution in [-0.4, -0.2) is 40.2 Å². The van der Waals surface area contributed by atoms with Gasteiger partial charge in [0.2, 0.25) is 0 Å². The summed E-state index contributed by atoms with van der Waals surface area (Å²) >= 11 is 0. The molecule has 2 aromatic heterocycles. The van der Waals surface area contributed by atoms with E-state index in [1.165, 1.54) is 35.7 Å². The highest BCUT2D eigenvalue weighted by Crippen LogP contribution is 2.26. The topological polar surface area (TPSA) is 81.7 Å². The number of ether oxygens (including phenoxy) is 1. The number of nitrogens with zero attached hydrogens (tertiary/aromatic N) is 2. The van der Waals surface area contributed by atoms with Gasteiger partial charge in [-0.1, -0.05) is 6.07 Å². The van der Waals surface area contributed by atoms with Crippen LogP contribution in [0.3, 0.4) is 0 Å². The maximum atomic E-state index is 13.8. The van der Waals surface area contributed by atoms with Gasteiger partial charge in [-0.3, -0.25) is 9.20 Å². The number of amides is 1. The van der Waals surface area contributed by atoms with Gasteiger partial charge in [0.15, 0.2) is 11.4 Å². The number of hydrogen-bond donors (Lipinski definition) is 2. The van der Waals surface area contributed by atoms with Crippen LogP contribution in [0, 0.1) is 18.6 Å². The molecule has 0 saturated heterocycles. The zero-order chi connectivity index (χ0) is 23.6. The summed E-state index contributed by atoms with van der Waals surface area (Å²) in [4.78, 5) is 16.7. The summed E-state index contributed by atoms with van der Waals surface area (Å²) in [6.45, 7) is 0.0880. The molecular weight excluding hydrogens is 442 g/mol. The minimum atomic E-state index is -4.48. The number of rotatable bonds is 8. The van der Waals surface area contributed by atoms with Crippen molar-refractivity contribution in [2.75, 3.05) is 6.54 Å². The number of nitrogens with one attached hydrogen (secondary N) is 1. The van der Waals surface area contributed by atoms with Crippen molar-refractivity contribution in [3.8, 4) is 5.75 Å². The van der Waals surface area contributed by atoms with E-state index in [1.54, 1.807) is 0 Å². The average molecular weight is 460 g/mol. The zero-order valence-electron chi connectivity index (χ0n) is 16.6. The first-order valence-corrected chi connectivity index (χ1v) is 9.27. The first kappa shape index (κ1) is 23.4. The van der Waals surface area contributed by atoms with Crippen molar-refractivity contribution in [3.63, 3.8) is 0 Å². The van der Waals surface area contributed by atoms with Crippen LogP contribution >= 0.6 is 0 Å². The van der Waals surface area contributed by atoms with Gasteiger partial charge in [-0.2, -0.15) is 8.78 Å². The maximum Gasteiger partial charge on any atom is 0.323 e. The number of nitrogens with two attached hydrogens (primary N) is 1. The number of carbonyl (C=O) groups excluding carboxylic acids is 1. The Labute approximate surface area is 178 Å². The van der Waals surface area contributed by atoms with Crippen molar-refractivity contribution in [1.29, 1.82) is 0 Å². The minimum absolute atomic E-state index is 0.0740. The summed E-state index contributed by atoms with van der Waals surface area (Å²) in [6, 6.07) is 3.98. The van der Waals surface area contributed by atoms with Crippen molar-refractivity contribution in [2.45, 2.75) is 31.9 Å². The van der Waals surface area contributed by atoms with E-state index < -0.39 is 49.1 Å². The van der Waals surface area contributed by atoms with E-state index in [1.807, 2.05) is 0 Å². The normalized spacial score (nSPS) is 12.9. The second-order valence-electron chi connectivity index (χ2n) is 6.89. The Morgan fingerprint density at radius 2 is 1.88 bits per heavy atom. The fourth-order valence-electron chi connectivity index (χ4n) is 2.95. The molecule has 1 atom stereocenters. The summed E-state index contributed by atoms with van der Waals surface area (Å²) in [5.41, 5.74) is 5.02. The molecular formula is C20H18F6N4O2. The highest BCUT2D eigenvalue weighted by Gasteiger charge is 2.46. The molecule has 0 aliphatic heterocycles. The average Bonchev–Trinajstić information content (AvgIpc) is 3.07. The molecule has 1 aromatic carbocycles. The van der Waals surface area contributed by atoms with Crippen LogP contribution in [-0.2, 0) is 6.61 Å². The van der Waals surface area contributed by atoms with E-state index in [-0.39, 0.29) is 28.3 Å². The fraction of sp³-hybridized carbons (Fsp3) is 0.300. The van der Waals surface area contributed by atoms with Crippen LogP contribution < -0.4 is 15.8 Å². The number of hydrogen-bond acceptors (Lipinski definition) is 4. The number of aromatic nitrogens is 2. The van der Waals surface area contributed by atoms with E-state index >= 15 is 0 Å². The molecule has 1 amide bonds. The molecule has 0 aliphatic rings. The molecule has 3 rings (SSSR count). The predicted molar refractivity (Wildman–Crippen MR) is 102 cm³/mol. The third-order valence-corrected chi connectivity index (χ3v) is 4.71. The highest BCUT2D eigenvalue weighted by atomic mass is 19.3. The van der Waals surface area contributed by atoms with E-state index in [0.717, 1.165) is 12.1 Å². The number of aryl methyl sites for hydroxylation is 1. The van der Waals surface area contributed by atoms with Crippen LogP contribution in [0.25, 0.3) is 5.65 Å². The van der Waals surface area contributed by atoms with Gasteiger partial charge in [-0.25, -0.2) is 22.5 Å². The minimum Gasteiger partial charge on any atom is -0.485 e. The van der Waals surface area contributed by atoms with Gasteiger partial charge in [-0.15, -0.1) is 0 Å². The standard InChI is InChI=1S/C20H18F6N4O2/c1-10-16(18(31)28-8-15(27)20(25,26)19(23)24)30-7-3-6-14(17(30)29-10)32-9-11-12(21)4-2-5-13(11)22/h2-7,15,19H,8-9,27H2,1H3,(H,28,31). The van der Waals surface area contributed by atoms with Gasteiger partial charge in [0.25, 0.3) is 5.91 Å². The quantitative estimate of drug-likeness (QED) is 0.505. The number of alkyl halides is 4. The fourth-order valence-corrected chi connectivity index (χ4v) is 2.95. The highest BCUT2D eigenvalue weighted by molar-refractivity contribution is 5.95. The van der Waals surface area contributed by atoms with Crippen molar-refractivity contribution in [1.82, 2.24) is 14.7 Å². The molecule has 0 bridgehead atoms. The Morgan fingerprint density at radius 1 is 1.22 bits per heavy atom. The Bertz CT molecular complexity index is 1110. The summed E-state index contributed by atoms with van der Waals surface area (Å²) in [6.07, 6.45) is -2.56. The summed E-state index contributed by atoms with van der Waals surface area (Å²) in [7, 11) is 0. The largest absolute Gasteiger partial charge is 0.485 e. The predicted octanol–water partition coefficient (Wildman–Crippen LogP) is 3.46. The van der Waals surface area contributed by atoms with E-state index in [4.69, 9.17) is 10.5 Å². The molecule has 0 fully saturated rings. The van der Waals surface area contributed by atoms with Gasteiger partial charge >= 0.3 is 12.3 Å². The Kier molecular flexibility index (Phi) is 6.63. The lowest BCUT2D eigenvalue weighted by Crippen LogP contribution is -2.52. The lowest BCUT2D eigenvalue weighted by Gasteiger charge is -2.22. The lowest BCUT2D eigenvalue weighted by atomic mass is 10.1. The van der Waals surface area contributed by atoms with Crippen LogP contribution in [0.4, 0.5) is 26.3 Å². The second kappa shape index (κ2) is 9.07.